The van der Waals surface area contributed by atoms with E-state index in [1.54, 1.807) is 0 Å². The van der Waals surface area contributed by atoms with Crippen molar-refractivity contribution in [3.8, 4) is 0 Å². The molecule has 0 aliphatic heterocycles. The van der Waals surface area contributed by atoms with E-state index in [0.29, 0.717) is 6.42 Å². The summed E-state index contributed by atoms with van der Waals surface area (Å²) >= 11 is 0. The highest BCUT2D eigenvalue weighted by Crippen LogP contribution is 2.08. The average Bonchev–Trinajstić information content (AvgIpc) is 2.26. The van der Waals surface area contributed by atoms with Gasteiger partial charge in [0, 0.05) is 6.42 Å². The summed E-state index contributed by atoms with van der Waals surface area (Å²) in [5.74, 6) is -0.0136. The molecule has 1 unspecified atom stereocenters. The van der Waals surface area contributed by atoms with E-state index in [4.69, 9.17) is 15.3 Å². The average molecular weight is 219 g/mol. The zero-order valence-corrected chi connectivity index (χ0v) is 9.36. The van der Waals surface area contributed by atoms with Gasteiger partial charge in [-0.3, -0.25) is 4.79 Å². The standard InChI is InChI=1S/C10H21NO4/c1-3-8(2)4-9(15)11-10(5-12,6-13)7-14/h8,12-14H,3-7H2,1-2H3,(H,11,15). The van der Waals surface area contributed by atoms with Crippen LogP contribution in [0.4, 0.5) is 0 Å². The first-order valence-corrected chi connectivity index (χ1v) is 5.17. The second-order valence-electron chi connectivity index (χ2n) is 4.02. The van der Waals surface area contributed by atoms with Crippen LogP contribution in [0.3, 0.4) is 0 Å². The number of carbonyl (C=O) groups is 1. The van der Waals surface area contributed by atoms with Gasteiger partial charge in [0.05, 0.1) is 19.8 Å². The second-order valence-corrected chi connectivity index (χ2v) is 4.02. The van der Waals surface area contributed by atoms with Crippen LogP contribution in [-0.4, -0.2) is 46.6 Å². The SMILES string of the molecule is CCC(C)CC(=O)NC(CO)(CO)CO. The smallest absolute Gasteiger partial charge is 0.220 e. The quantitative estimate of drug-likeness (QED) is 0.454. The maximum atomic E-state index is 11.5. The van der Waals surface area contributed by atoms with Gasteiger partial charge in [-0.2, -0.15) is 0 Å². The lowest BCUT2D eigenvalue weighted by molar-refractivity contribution is -0.126. The predicted molar refractivity (Wildman–Crippen MR) is 56.2 cm³/mol. The summed E-state index contributed by atoms with van der Waals surface area (Å²) in [6.07, 6.45) is 1.22. The Balaban J connectivity index is 4.23. The molecule has 0 radical (unpaired) electrons. The van der Waals surface area contributed by atoms with Crippen LogP contribution in [0.1, 0.15) is 26.7 Å². The number of nitrogens with one attached hydrogen (secondary N) is 1. The van der Waals surface area contributed by atoms with Crippen LogP contribution in [0.5, 0.6) is 0 Å². The van der Waals surface area contributed by atoms with E-state index < -0.39 is 25.4 Å². The minimum atomic E-state index is -1.30. The van der Waals surface area contributed by atoms with Gasteiger partial charge in [0.15, 0.2) is 0 Å². The normalized spacial score (nSPS) is 13.7. The summed E-state index contributed by atoms with van der Waals surface area (Å²) in [5, 5.41) is 29.4. The van der Waals surface area contributed by atoms with Gasteiger partial charge >= 0.3 is 0 Å². The molecule has 0 aromatic heterocycles. The van der Waals surface area contributed by atoms with E-state index in [1.807, 2.05) is 13.8 Å². The van der Waals surface area contributed by atoms with Crippen molar-refractivity contribution in [1.29, 1.82) is 0 Å². The van der Waals surface area contributed by atoms with Crippen molar-refractivity contribution in [2.45, 2.75) is 32.2 Å². The molecule has 1 atom stereocenters. The van der Waals surface area contributed by atoms with Crippen LogP contribution in [-0.2, 0) is 4.79 Å². The van der Waals surface area contributed by atoms with E-state index >= 15 is 0 Å². The number of hydrogen-bond donors (Lipinski definition) is 4. The van der Waals surface area contributed by atoms with E-state index in [-0.39, 0.29) is 11.8 Å². The van der Waals surface area contributed by atoms with Gasteiger partial charge in [-0.1, -0.05) is 20.3 Å². The van der Waals surface area contributed by atoms with Crippen molar-refractivity contribution in [1.82, 2.24) is 5.32 Å². The van der Waals surface area contributed by atoms with Crippen molar-refractivity contribution < 1.29 is 20.1 Å². The lowest BCUT2D eigenvalue weighted by atomic mass is 10.0. The van der Waals surface area contributed by atoms with Gasteiger partial charge < -0.3 is 20.6 Å². The lowest BCUT2D eigenvalue weighted by Gasteiger charge is -2.29. The molecule has 0 heterocycles. The number of amides is 1. The van der Waals surface area contributed by atoms with Crippen LogP contribution < -0.4 is 5.32 Å². The second kappa shape index (κ2) is 6.76. The number of rotatable bonds is 7. The first-order valence-electron chi connectivity index (χ1n) is 5.17. The molecule has 0 aromatic carbocycles. The molecule has 0 saturated carbocycles. The van der Waals surface area contributed by atoms with Gasteiger partial charge in [-0.25, -0.2) is 0 Å². The predicted octanol–water partition coefficient (Wildman–Crippen LogP) is -0.746. The highest BCUT2D eigenvalue weighted by atomic mass is 16.3. The molecule has 90 valence electrons. The highest BCUT2D eigenvalue weighted by molar-refractivity contribution is 5.77. The maximum absolute atomic E-state index is 11.5. The summed E-state index contributed by atoms with van der Waals surface area (Å²) in [6, 6.07) is 0. The minimum absolute atomic E-state index is 0.249. The molecular weight excluding hydrogens is 198 g/mol. The van der Waals surface area contributed by atoms with Crippen LogP contribution in [0.2, 0.25) is 0 Å². The molecule has 0 fully saturated rings. The van der Waals surface area contributed by atoms with Gasteiger partial charge in [0.2, 0.25) is 5.91 Å². The lowest BCUT2D eigenvalue weighted by Crippen LogP contribution is -2.57. The molecule has 5 nitrogen and oxygen atoms in total. The van der Waals surface area contributed by atoms with E-state index in [0.717, 1.165) is 6.42 Å². The van der Waals surface area contributed by atoms with Crippen LogP contribution >= 0.6 is 0 Å². The minimum Gasteiger partial charge on any atom is -0.394 e. The molecule has 0 spiro atoms. The molecule has 4 N–H and O–H groups in total. The van der Waals surface area contributed by atoms with Gasteiger partial charge in [-0.15, -0.1) is 0 Å². The monoisotopic (exact) mass is 219 g/mol. The molecule has 0 aliphatic rings. The Labute approximate surface area is 90.1 Å². The molecule has 5 heteroatoms. The number of aliphatic hydroxyl groups is 3. The Bertz CT molecular complexity index is 184. The first kappa shape index (κ1) is 14.3. The summed E-state index contributed by atoms with van der Waals surface area (Å²) in [5.41, 5.74) is -1.30. The van der Waals surface area contributed by atoms with Crippen molar-refractivity contribution in [3.63, 3.8) is 0 Å². The molecular formula is C10H21NO4. The Morgan fingerprint density at radius 2 is 1.73 bits per heavy atom. The van der Waals surface area contributed by atoms with E-state index in [1.165, 1.54) is 0 Å². The molecule has 1 amide bonds. The summed E-state index contributed by atoms with van der Waals surface area (Å²) in [6.45, 7) is 2.48. The maximum Gasteiger partial charge on any atom is 0.220 e. The molecule has 0 saturated heterocycles. The summed E-state index contributed by atoms with van der Waals surface area (Å²) < 4.78 is 0. The van der Waals surface area contributed by atoms with E-state index in [2.05, 4.69) is 5.32 Å². The van der Waals surface area contributed by atoms with Crippen molar-refractivity contribution in [2.24, 2.45) is 5.92 Å². The zero-order valence-electron chi connectivity index (χ0n) is 9.36. The van der Waals surface area contributed by atoms with Crippen LogP contribution in [0.25, 0.3) is 0 Å². The fourth-order valence-electron chi connectivity index (χ4n) is 1.08. The van der Waals surface area contributed by atoms with Crippen LogP contribution in [0, 0.1) is 5.92 Å². The van der Waals surface area contributed by atoms with Gasteiger partial charge in [0.1, 0.15) is 5.54 Å². The molecule has 0 aliphatic carbocycles. The fourth-order valence-corrected chi connectivity index (χ4v) is 1.08. The largest absolute Gasteiger partial charge is 0.394 e. The topological polar surface area (TPSA) is 89.8 Å². The number of hydrogen-bond acceptors (Lipinski definition) is 4. The van der Waals surface area contributed by atoms with Crippen molar-refractivity contribution in [2.75, 3.05) is 19.8 Å². The zero-order chi connectivity index (χ0) is 11.9. The number of carbonyl (C=O) groups excluding carboxylic acids is 1. The summed E-state index contributed by atoms with van der Waals surface area (Å²) in [7, 11) is 0. The van der Waals surface area contributed by atoms with Crippen LogP contribution in [0.15, 0.2) is 0 Å². The third-order valence-electron chi connectivity index (χ3n) is 2.54. The third kappa shape index (κ3) is 4.59. The molecule has 0 bridgehead atoms. The number of aliphatic hydroxyl groups excluding tert-OH is 3. The molecule has 0 rings (SSSR count). The van der Waals surface area contributed by atoms with Crippen molar-refractivity contribution >= 4 is 5.91 Å². The molecule has 15 heavy (non-hydrogen) atoms. The Kier molecular flexibility index (Phi) is 6.47. The third-order valence-corrected chi connectivity index (χ3v) is 2.54. The first-order chi connectivity index (χ1) is 7.03. The molecule has 0 aromatic rings. The van der Waals surface area contributed by atoms with Crippen molar-refractivity contribution in [3.05, 3.63) is 0 Å². The Morgan fingerprint density at radius 3 is 2.07 bits per heavy atom. The highest BCUT2D eigenvalue weighted by Gasteiger charge is 2.29. The van der Waals surface area contributed by atoms with Gasteiger partial charge in [-0.05, 0) is 5.92 Å². The van der Waals surface area contributed by atoms with Gasteiger partial charge in [0.25, 0.3) is 0 Å². The van der Waals surface area contributed by atoms with E-state index in [9.17, 15) is 4.79 Å². The fraction of sp³-hybridized carbons (Fsp3) is 0.900. The Morgan fingerprint density at radius 1 is 1.27 bits per heavy atom. The Hall–Kier alpha value is -0.650. The summed E-state index contributed by atoms with van der Waals surface area (Å²) in [4.78, 5) is 11.5.